The molecule has 0 saturated heterocycles. The molecule has 0 aliphatic heterocycles. The van der Waals surface area contributed by atoms with E-state index in [1.165, 1.54) is 11.1 Å². The van der Waals surface area contributed by atoms with Crippen molar-refractivity contribution in [3.63, 3.8) is 0 Å². The van der Waals surface area contributed by atoms with Gasteiger partial charge in [0.05, 0.1) is 30.9 Å². The summed E-state index contributed by atoms with van der Waals surface area (Å²) in [6, 6.07) is 24.5. The van der Waals surface area contributed by atoms with Gasteiger partial charge in [0.15, 0.2) is 5.65 Å². The Kier molecular flexibility index (Phi) is 5.72. The van der Waals surface area contributed by atoms with E-state index in [0.29, 0.717) is 22.7 Å². The summed E-state index contributed by atoms with van der Waals surface area (Å²) in [4.78, 5) is 4.85. The largest absolute Gasteiger partial charge is 0.497 e. The molecular weight excluding hydrogens is 434 g/mol. The van der Waals surface area contributed by atoms with Crippen LogP contribution >= 0.6 is 0 Å². The second kappa shape index (κ2) is 9.00. The molecule has 0 aliphatic carbocycles. The lowest BCUT2D eigenvalue weighted by molar-refractivity contribution is 0.394. The smallest absolute Gasteiger partial charge is 0.157 e. The van der Waals surface area contributed by atoms with Crippen molar-refractivity contribution < 1.29 is 9.47 Å². The Morgan fingerprint density at radius 3 is 2.29 bits per heavy atom. The molecule has 172 valence electrons. The van der Waals surface area contributed by atoms with Gasteiger partial charge in [-0.3, -0.25) is 4.40 Å². The first-order valence-electron chi connectivity index (χ1n) is 11.4. The van der Waals surface area contributed by atoms with Crippen molar-refractivity contribution in [1.29, 1.82) is 5.26 Å². The summed E-state index contributed by atoms with van der Waals surface area (Å²) in [6.45, 7) is 4.16. The molecule has 0 amide bonds. The van der Waals surface area contributed by atoms with Gasteiger partial charge in [-0.15, -0.1) is 0 Å². The zero-order valence-corrected chi connectivity index (χ0v) is 20.2. The first kappa shape index (κ1) is 22.2. The maximum Gasteiger partial charge on any atom is 0.157 e. The van der Waals surface area contributed by atoms with Crippen LogP contribution in [-0.2, 0) is 0 Å². The van der Waals surface area contributed by atoms with E-state index >= 15 is 0 Å². The third-order valence-corrected chi connectivity index (χ3v) is 6.24. The van der Waals surface area contributed by atoms with E-state index in [0.717, 1.165) is 33.4 Å². The maximum absolute atomic E-state index is 10.2. The topological polar surface area (TPSA) is 59.5 Å². The number of fused-ring (bicyclic) bond motifs is 3. The minimum absolute atomic E-state index is 0.529. The molecule has 2 aromatic heterocycles. The van der Waals surface area contributed by atoms with Gasteiger partial charge in [-0.1, -0.05) is 48.0 Å². The van der Waals surface area contributed by atoms with Crippen LogP contribution in [0.3, 0.4) is 0 Å². The highest BCUT2D eigenvalue weighted by atomic mass is 16.5. The lowest BCUT2D eigenvalue weighted by atomic mass is 10.0. The Hall–Kier alpha value is -4.56. The van der Waals surface area contributed by atoms with Gasteiger partial charge in [0.25, 0.3) is 0 Å². The summed E-state index contributed by atoms with van der Waals surface area (Å²) in [6.07, 6.45) is 4.06. The van der Waals surface area contributed by atoms with Crippen molar-refractivity contribution in [2.45, 2.75) is 13.8 Å². The predicted molar refractivity (Wildman–Crippen MR) is 141 cm³/mol. The van der Waals surface area contributed by atoms with Gasteiger partial charge in [-0.25, -0.2) is 4.98 Å². The average molecular weight is 460 g/mol. The molecule has 5 aromatic rings. The molecule has 0 spiro atoms. The molecule has 0 atom stereocenters. The lowest BCUT2D eigenvalue weighted by Gasteiger charge is -2.13. The second-order valence-corrected chi connectivity index (χ2v) is 8.53. The van der Waals surface area contributed by atoms with Gasteiger partial charge >= 0.3 is 0 Å². The number of imidazole rings is 1. The van der Waals surface area contributed by atoms with Crippen LogP contribution < -0.4 is 9.47 Å². The van der Waals surface area contributed by atoms with Crippen LogP contribution in [-0.4, -0.2) is 23.6 Å². The van der Waals surface area contributed by atoms with Crippen LogP contribution in [0.2, 0.25) is 0 Å². The first-order chi connectivity index (χ1) is 17.0. The van der Waals surface area contributed by atoms with Crippen molar-refractivity contribution in [2.24, 2.45) is 0 Å². The summed E-state index contributed by atoms with van der Waals surface area (Å²) < 4.78 is 13.1. The number of benzene rings is 3. The van der Waals surface area contributed by atoms with E-state index in [1.54, 1.807) is 14.2 Å². The number of hydrogen-bond donors (Lipinski definition) is 0. The molecule has 2 heterocycles. The third kappa shape index (κ3) is 4.00. The Morgan fingerprint density at radius 1 is 0.857 bits per heavy atom. The summed E-state index contributed by atoms with van der Waals surface area (Å²) in [5.74, 6) is 1.38. The fourth-order valence-electron chi connectivity index (χ4n) is 4.38. The molecule has 0 unspecified atom stereocenters. The Balaban J connectivity index is 1.83. The van der Waals surface area contributed by atoms with Crippen molar-refractivity contribution in [2.75, 3.05) is 14.2 Å². The van der Waals surface area contributed by atoms with Gasteiger partial charge in [0.1, 0.15) is 23.1 Å². The Morgan fingerprint density at radius 2 is 1.57 bits per heavy atom. The van der Waals surface area contributed by atoms with Crippen LogP contribution in [0, 0.1) is 25.2 Å². The van der Waals surface area contributed by atoms with E-state index in [1.807, 2.05) is 59.0 Å². The normalized spacial score (nSPS) is 11.3. The van der Waals surface area contributed by atoms with Crippen LogP contribution in [0.4, 0.5) is 0 Å². The number of pyridine rings is 1. The molecule has 0 saturated carbocycles. The van der Waals surface area contributed by atoms with Crippen LogP contribution in [0.5, 0.6) is 11.5 Å². The molecule has 5 rings (SSSR count). The number of rotatable bonds is 5. The number of ether oxygens (including phenoxy) is 2. The van der Waals surface area contributed by atoms with Gasteiger partial charge in [-0.2, -0.15) is 5.26 Å². The fourth-order valence-corrected chi connectivity index (χ4v) is 4.38. The highest BCUT2D eigenvalue weighted by molar-refractivity contribution is 5.89. The Bertz CT molecular complexity index is 1630. The number of hydrogen-bond acceptors (Lipinski definition) is 4. The molecule has 0 radical (unpaired) electrons. The van der Waals surface area contributed by atoms with Gasteiger partial charge in [0, 0.05) is 11.6 Å². The molecule has 3 aromatic carbocycles. The van der Waals surface area contributed by atoms with E-state index in [-0.39, 0.29) is 0 Å². The summed E-state index contributed by atoms with van der Waals surface area (Å²) in [7, 11) is 3.27. The minimum Gasteiger partial charge on any atom is -0.497 e. The highest BCUT2D eigenvalue weighted by Gasteiger charge is 2.18. The van der Waals surface area contributed by atoms with E-state index in [2.05, 4.69) is 44.2 Å². The molecular formula is C30H25N3O2. The van der Waals surface area contributed by atoms with Crippen LogP contribution in [0.25, 0.3) is 40.1 Å². The minimum atomic E-state index is 0.529. The number of para-hydroxylation sites is 2. The molecule has 0 N–H and O–H groups in total. The zero-order valence-electron chi connectivity index (χ0n) is 20.2. The number of aromatic nitrogens is 2. The quantitative estimate of drug-likeness (QED) is 0.289. The highest BCUT2D eigenvalue weighted by Crippen LogP contribution is 2.35. The number of methoxy groups -OCH3 is 2. The van der Waals surface area contributed by atoms with Gasteiger partial charge < -0.3 is 9.47 Å². The third-order valence-electron chi connectivity index (χ3n) is 6.24. The van der Waals surface area contributed by atoms with E-state index in [4.69, 9.17) is 14.5 Å². The number of nitriles is 1. The fraction of sp³-hybridized carbons (Fsp3) is 0.133. The van der Waals surface area contributed by atoms with Crippen molar-refractivity contribution in [3.05, 3.63) is 94.5 Å². The molecule has 35 heavy (non-hydrogen) atoms. The molecule has 5 heteroatoms. The number of aryl methyl sites for hydroxylation is 2. The summed E-state index contributed by atoms with van der Waals surface area (Å²) >= 11 is 0. The zero-order chi connectivity index (χ0) is 24.5. The summed E-state index contributed by atoms with van der Waals surface area (Å²) in [5, 5.41) is 10.2. The lowest BCUT2D eigenvalue weighted by Crippen LogP contribution is -1.99. The monoisotopic (exact) mass is 459 g/mol. The molecule has 0 aliphatic rings. The standard InChI is InChI=1S/C30H25N3O2/c1-19-9-10-20(2)21(13-19)11-12-22-16-29(23-14-24(34-3)17-25(15-23)35-4)33-28-8-6-5-7-27(28)32-30(33)26(22)18-31/h5-17H,1-4H3. The maximum atomic E-state index is 10.2. The molecule has 0 bridgehead atoms. The van der Waals surface area contributed by atoms with E-state index in [9.17, 15) is 5.26 Å². The molecule has 0 fully saturated rings. The molecule has 5 nitrogen and oxygen atoms in total. The van der Waals surface area contributed by atoms with Crippen molar-refractivity contribution in [3.8, 4) is 28.8 Å². The van der Waals surface area contributed by atoms with Crippen LogP contribution in [0.15, 0.2) is 66.7 Å². The van der Waals surface area contributed by atoms with Crippen molar-refractivity contribution >= 4 is 28.8 Å². The van der Waals surface area contributed by atoms with E-state index < -0.39 is 0 Å². The SMILES string of the molecule is COc1cc(OC)cc(-c2cc(C=Cc3cc(C)ccc3C)c(C#N)c3nc4ccccc4n23)c1. The summed E-state index contributed by atoms with van der Waals surface area (Å²) in [5.41, 5.74) is 8.99. The average Bonchev–Trinajstić information content (AvgIpc) is 3.27. The number of nitrogens with zero attached hydrogens (tertiary/aromatic N) is 3. The van der Waals surface area contributed by atoms with Gasteiger partial charge in [0.2, 0.25) is 0 Å². The first-order valence-corrected chi connectivity index (χ1v) is 11.4. The second-order valence-electron chi connectivity index (χ2n) is 8.53. The Labute approximate surface area is 204 Å². The van der Waals surface area contributed by atoms with Crippen LogP contribution in [0.1, 0.15) is 27.8 Å². The van der Waals surface area contributed by atoms with Gasteiger partial charge in [-0.05, 0) is 60.9 Å². The predicted octanol–water partition coefficient (Wildman–Crippen LogP) is 6.83. The van der Waals surface area contributed by atoms with Crippen molar-refractivity contribution in [1.82, 2.24) is 9.38 Å².